The molecule has 1 aliphatic rings. The number of hydrogen-bond donors (Lipinski definition) is 0. The van der Waals surface area contributed by atoms with Crippen molar-refractivity contribution in [2.75, 3.05) is 4.90 Å². The number of hydrogen-bond acceptors (Lipinski definition) is 1. The van der Waals surface area contributed by atoms with Crippen LogP contribution in [0.5, 0.6) is 0 Å². The molecule has 0 unspecified atom stereocenters. The minimum absolute atomic E-state index is 1.14. The van der Waals surface area contributed by atoms with Gasteiger partial charge in [-0.2, -0.15) is 0 Å². The minimum atomic E-state index is 1.14. The summed E-state index contributed by atoms with van der Waals surface area (Å²) in [5.74, 6) is 0. The summed E-state index contributed by atoms with van der Waals surface area (Å²) in [6, 6.07) is 66.1. The van der Waals surface area contributed by atoms with Gasteiger partial charge in [-0.1, -0.05) is 115 Å². The largest absolute Gasteiger partial charge is 0.310 e. The second-order valence-corrected chi connectivity index (χ2v) is 12.5. The van der Waals surface area contributed by atoms with E-state index in [-0.39, 0.29) is 0 Å². The predicted octanol–water partition coefficient (Wildman–Crippen LogP) is 12.7. The molecule has 0 bridgehead atoms. The van der Waals surface area contributed by atoms with Crippen molar-refractivity contribution in [3.8, 4) is 39.1 Å². The molecule has 0 aliphatic heterocycles. The second kappa shape index (κ2) is 10.6. The van der Waals surface area contributed by atoms with Crippen molar-refractivity contribution < 1.29 is 0 Å². The first-order chi connectivity index (χ1) is 23.8. The summed E-state index contributed by atoms with van der Waals surface area (Å²) in [7, 11) is 0. The summed E-state index contributed by atoms with van der Waals surface area (Å²) in [6.07, 6.45) is 0. The summed E-state index contributed by atoms with van der Waals surface area (Å²) in [4.78, 5) is 2.34. The molecule has 1 heterocycles. The molecule has 8 aromatic carbocycles. The molecule has 224 valence electrons. The van der Waals surface area contributed by atoms with Gasteiger partial charge < -0.3 is 9.47 Å². The quantitative estimate of drug-likeness (QED) is 0.188. The Balaban J connectivity index is 1.14. The molecule has 2 heteroatoms. The van der Waals surface area contributed by atoms with E-state index in [2.05, 4.69) is 191 Å². The Morgan fingerprint density at radius 3 is 1.71 bits per heavy atom. The van der Waals surface area contributed by atoms with Gasteiger partial charge in [0.1, 0.15) is 0 Å². The average molecular weight is 611 g/mol. The van der Waals surface area contributed by atoms with Crippen molar-refractivity contribution in [3.63, 3.8) is 0 Å². The van der Waals surface area contributed by atoms with Gasteiger partial charge in [0.2, 0.25) is 0 Å². The van der Waals surface area contributed by atoms with E-state index in [1.165, 1.54) is 71.6 Å². The van der Waals surface area contributed by atoms with Crippen molar-refractivity contribution in [2.45, 2.75) is 0 Å². The Bertz CT molecular complexity index is 2610. The maximum atomic E-state index is 2.39. The molecule has 0 saturated carbocycles. The number of nitrogens with zero attached hydrogens (tertiary/aromatic N) is 2. The van der Waals surface area contributed by atoms with E-state index in [4.69, 9.17) is 0 Å². The lowest BCUT2D eigenvalue weighted by Crippen LogP contribution is -2.09. The van der Waals surface area contributed by atoms with Gasteiger partial charge in [0.25, 0.3) is 0 Å². The molecule has 2 nitrogen and oxygen atoms in total. The Kier molecular flexibility index (Phi) is 5.91. The van der Waals surface area contributed by atoms with Gasteiger partial charge in [0.15, 0.2) is 0 Å². The van der Waals surface area contributed by atoms with Crippen LogP contribution in [-0.2, 0) is 0 Å². The van der Waals surface area contributed by atoms with Crippen molar-refractivity contribution in [3.05, 3.63) is 182 Å². The van der Waals surface area contributed by atoms with Crippen LogP contribution in [0.1, 0.15) is 0 Å². The molecule has 0 fully saturated rings. The molecule has 0 N–H and O–H groups in total. The summed E-state index contributed by atoms with van der Waals surface area (Å²) in [6.45, 7) is 0. The van der Waals surface area contributed by atoms with Gasteiger partial charge in [-0.05, 0) is 111 Å². The van der Waals surface area contributed by atoms with E-state index in [0.29, 0.717) is 0 Å². The molecule has 48 heavy (non-hydrogen) atoms. The van der Waals surface area contributed by atoms with Crippen LogP contribution in [-0.4, -0.2) is 4.57 Å². The molecular weight excluding hydrogens is 581 g/mol. The van der Waals surface area contributed by atoms with Crippen LogP contribution in [0, 0.1) is 0 Å². The number of anilines is 3. The van der Waals surface area contributed by atoms with Gasteiger partial charge >= 0.3 is 0 Å². The lowest BCUT2D eigenvalue weighted by atomic mass is 9.93. The lowest BCUT2D eigenvalue weighted by molar-refractivity contribution is 1.18. The third-order valence-corrected chi connectivity index (χ3v) is 9.91. The van der Waals surface area contributed by atoms with Crippen LogP contribution in [0.4, 0.5) is 17.1 Å². The van der Waals surface area contributed by atoms with Crippen LogP contribution in [0.25, 0.3) is 71.6 Å². The maximum absolute atomic E-state index is 2.39. The van der Waals surface area contributed by atoms with Gasteiger partial charge in [-0.25, -0.2) is 0 Å². The van der Waals surface area contributed by atoms with E-state index < -0.39 is 0 Å². The smallest absolute Gasteiger partial charge is 0.0541 e. The number of para-hydroxylation sites is 4. The van der Waals surface area contributed by atoms with Crippen LogP contribution in [0.15, 0.2) is 182 Å². The molecule has 0 amide bonds. The van der Waals surface area contributed by atoms with Gasteiger partial charge in [0, 0.05) is 33.5 Å². The monoisotopic (exact) mass is 610 g/mol. The Hall–Kier alpha value is -6.38. The van der Waals surface area contributed by atoms with E-state index in [1.807, 2.05) is 0 Å². The second-order valence-electron chi connectivity index (χ2n) is 12.5. The minimum Gasteiger partial charge on any atom is -0.310 e. The zero-order valence-electron chi connectivity index (χ0n) is 26.2. The standard InChI is InChI=1S/C46H30N2/c1-4-13-32(14-5-1)47(33-15-6-2-7-16-33)35-24-25-37-41-27-26-36(39-20-12-21-40(46(39)41)42(37)30-35)31-23-28-45-43(29-31)38-19-10-11-22-44(38)48(45)34-17-8-3-9-18-34/h1-30H. The van der Waals surface area contributed by atoms with Crippen LogP contribution < -0.4 is 4.90 Å². The first-order valence-corrected chi connectivity index (χ1v) is 16.5. The number of fused-ring (bicyclic) bond motifs is 6. The third kappa shape index (κ3) is 4.00. The fourth-order valence-electron chi connectivity index (χ4n) is 7.83. The lowest BCUT2D eigenvalue weighted by Gasteiger charge is -2.26. The average Bonchev–Trinajstić information content (AvgIpc) is 3.66. The van der Waals surface area contributed by atoms with Crippen LogP contribution in [0.3, 0.4) is 0 Å². The van der Waals surface area contributed by atoms with Crippen LogP contribution >= 0.6 is 0 Å². The maximum Gasteiger partial charge on any atom is 0.0541 e. The van der Waals surface area contributed by atoms with Crippen molar-refractivity contribution >= 4 is 49.6 Å². The molecular formula is C46H30N2. The molecule has 0 radical (unpaired) electrons. The predicted molar refractivity (Wildman–Crippen MR) is 203 cm³/mol. The number of benzene rings is 8. The van der Waals surface area contributed by atoms with E-state index >= 15 is 0 Å². The Labute approximate surface area is 279 Å². The van der Waals surface area contributed by atoms with Crippen molar-refractivity contribution in [2.24, 2.45) is 0 Å². The Morgan fingerprint density at radius 2 is 0.938 bits per heavy atom. The zero-order valence-corrected chi connectivity index (χ0v) is 26.2. The summed E-state index contributed by atoms with van der Waals surface area (Å²) < 4.78 is 2.38. The van der Waals surface area contributed by atoms with Crippen molar-refractivity contribution in [1.82, 2.24) is 4.57 Å². The van der Waals surface area contributed by atoms with Crippen LogP contribution in [0.2, 0.25) is 0 Å². The molecule has 1 aromatic heterocycles. The van der Waals surface area contributed by atoms with E-state index in [1.54, 1.807) is 0 Å². The number of aromatic nitrogens is 1. The fourth-order valence-corrected chi connectivity index (χ4v) is 7.83. The first-order valence-electron chi connectivity index (χ1n) is 16.5. The molecule has 10 rings (SSSR count). The Morgan fingerprint density at radius 1 is 0.333 bits per heavy atom. The molecule has 0 saturated heterocycles. The fraction of sp³-hybridized carbons (Fsp3) is 0. The topological polar surface area (TPSA) is 8.17 Å². The molecule has 9 aromatic rings. The van der Waals surface area contributed by atoms with Gasteiger partial charge in [-0.15, -0.1) is 0 Å². The molecule has 1 aliphatic carbocycles. The van der Waals surface area contributed by atoms with Crippen molar-refractivity contribution in [1.29, 1.82) is 0 Å². The first kappa shape index (κ1) is 26.8. The highest BCUT2D eigenvalue weighted by Crippen LogP contribution is 2.51. The molecule has 0 spiro atoms. The highest BCUT2D eigenvalue weighted by Gasteiger charge is 2.25. The number of rotatable bonds is 5. The normalized spacial score (nSPS) is 11.8. The third-order valence-electron chi connectivity index (χ3n) is 9.91. The van der Waals surface area contributed by atoms with Gasteiger partial charge in [-0.3, -0.25) is 0 Å². The highest BCUT2D eigenvalue weighted by atomic mass is 15.1. The summed E-state index contributed by atoms with van der Waals surface area (Å²) in [5.41, 5.74) is 14.7. The van der Waals surface area contributed by atoms with Gasteiger partial charge in [0.05, 0.1) is 11.0 Å². The van der Waals surface area contributed by atoms with E-state index in [9.17, 15) is 0 Å². The van der Waals surface area contributed by atoms with E-state index in [0.717, 1.165) is 17.1 Å². The SMILES string of the molecule is c1ccc(N(c2ccccc2)c2ccc3c(c2)-c2cccc4c(-c5ccc6c(c5)c5ccccc5n6-c5ccccc5)ccc-3c24)cc1. The zero-order chi connectivity index (χ0) is 31.6. The summed E-state index contributed by atoms with van der Waals surface area (Å²) >= 11 is 0. The highest BCUT2D eigenvalue weighted by molar-refractivity contribution is 6.20. The summed E-state index contributed by atoms with van der Waals surface area (Å²) in [5, 5.41) is 5.16. The molecule has 0 atom stereocenters.